The molecular formula is C20H21N3O4S. The van der Waals surface area contributed by atoms with Crippen molar-refractivity contribution in [3.05, 3.63) is 65.4 Å². The SMILES string of the molecule is COc1cccc(/C=C2\N=C(C)N(CCc3ccc(S(N)(=O)=O)cc3)C2=O)c1. The van der Waals surface area contributed by atoms with Crippen LogP contribution in [0.1, 0.15) is 18.1 Å². The van der Waals surface area contributed by atoms with Gasteiger partial charge in [-0.05, 0) is 54.8 Å². The third kappa shape index (κ3) is 4.47. The Morgan fingerprint density at radius 2 is 1.89 bits per heavy atom. The smallest absolute Gasteiger partial charge is 0.277 e. The van der Waals surface area contributed by atoms with E-state index in [-0.39, 0.29) is 10.8 Å². The molecule has 2 aromatic carbocycles. The number of carbonyl (C=O) groups excluding carboxylic acids is 1. The minimum atomic E-state index is -3.71. The number of benzene rings is 2. The predicted molar refractivity (Wildman–Crippen MR) is 107 cm³/mol. The second kappa shape index (κ2) is 7.95. The topological polar surface area (TPSA) is 102 Å². The summed E-state index contributed by atoms with van der Waals surface area (Å²) in [6.45, 7) is 2.23. The highest BCUT2D eigenvalue weighted by atomic mass is 32.2. The summed E-state index contributed by atoms with van der Waals surface area (Å²) in [7, 11) is -2.12. The molecule has 0 aliphatic carbocycles. The first-order chi connectivity index (χ1) is 13.3. The number of amidine groups is 1. The van der Waals surface area contributed by atoms with Crippen LogP contribution >= 0.6 is 0 Å². The van der Waals surface area contributed by atoms with Crippen LogP contribution in [0.25, 0.3) is 6.08 Å². The maximum atomic E-state index is 12.7. The molecular weight excluding hydrogens is 378 g/mol. The highest BCUT2D eigenvalue weighted by Gasteiger charge is 2.27. The molecule has 1 amide bonds. The third-order valence-corrected chi connectivity index (χ3v) is 5.34. The maximum Gasteiger partial charge on any atom is 0.277 e. The standard InChI is InChI=1S/C20H21N3O4S/c1-14-22-19(13-16-4-3-5-17(12-16)27-2)20(24)23(14)11-10-15-6-8-18(9-7-15)28(21,25)26/h3-9,12-13H,10-11H2,1-2H3,(H2,21,25,26)/b19-13-. The second-order valence-electron chi connectivity index (χ2n) is 6.36. The average Bonchev–Trinajstić information content (AvgIpc) is 2.93. The van der Waals surface area contributed by atoms with Crippen molar-refractivity contribution in [3.63, 3.8) is 0 Å². The number of primary sulfonamides is 1. The van der Waals surface area contributed by atoms with Crippen LogP contribution in [0, 0.1) is 0 Å². The van der Waals surface area contributed by atoms with Crippen molar-refractivity contribution in [2.24, 2.45) is 10.1 Å². The molecule has 1 aliphatic heterocycles. The Morgan fingerprint density at radius 3 is 2.54 bits per heavy atom. The molecule has 0 aromatic heterocycles. The quantitative estimate of drug-likeness (QED) is 0.752. The fourth-order valence-electron chi connectivity index (χ4n) is 2.90. The van der Waals surface area contributed by atoms with Gasteiger partial charge in [0.2, 0.25) is 10.0 Å². The van der Waals surface area contributed by atoms with Gasteiger partial charge in [-0.25, -0.2) is 18.5 Å². The van der Waals surface area contributed by atoms with Crippen molar-refractivity contribution in [2.45, 2.75) is 18.2 Å². The van der Waals surface area contributed by atoms with E-state index in [1.807, 2.05) is 24.3 Å². The van der Waals surface area contributed by atoms with Gasteiger partial charge < -0.3 is 4.74 Å². The van der Waals surface area contributed by atoms with E-state index < -0.39 is 10.0 Å². The predicted octanol–water partition coefficient (Wildman–Crippen LogP) is 2.19. The molecule has 0 unspecified atom stereocenters. The summed E-state index contributed by atoms with van der Waals surface area (Å²) in [5, 5.41) is 5.10. The zero-order chi connectivity index (χ0) is 20.3. The molecule has 0 spiro atoms. The lowest BCUT2D eigenvalue weighted by Crippen LogP contribution is -2.32. The number of amides is 1. The van der Waals surface area contributed by atoms with E-state index in [0.29, 0.717) is 30.2 Å². The molecule has 8 heteroatoms. The summed E-state index contributed by atoms with van der Waals surface area (Å²) in [6, 6.07) is 13.7. The lowest BCUT2D eigenvalue weighted by atomic mass is 10.1. The first kappa shape index (κ1) is 19.8. The summed E-state index contributed by atoms with van der Waals surface area (Å²) in [4.78, 5) is 18.8. The van der Waals surface area contributed by atoms with Crippen molar-refractivity contribution in [1.29, 1.82) is 0 Å². The average molecular weight is 399 g/mol. The van der Waals surface area contributed by atoms with Gasteiger partial charge in [0, 0.05) is 6.54 Å². The number of carbonyl (C=O) groups is 1. The van der Waals surface area contributed by atoms with E-state index in [0.717, 1.165) is 11.1 Å². The van der Waals surface area contributed by atoms with Gasteiger partial charge in [0.25, 0.3) is 5.91 Å². The molecule has 0 fully saturated rings. The number of aliphatic imine (C=N–C) groups is 1. The Morgan fingerprint density at radius 1 is 1.18 bits per heavy atom. The summed E-state index contributed by atoms with van der Waals surface area (Å²) in [5.41, 5.74) is 2.10. The molecule has 1 aliphatic rings. The Labute approximate surface area is 164 Å². The minimum Gasteiger partial charge on any atom is -0.497 e. The highest BCUT2D eigenvalue weighted by molar-refractivity contribution is 7.89. The summed E-state index contributed by atoms with van der Waals surface area (Å²) in [5.74, 6) is 1.17. The fraction of sp³-hybridized carbons (Fsp3) is 0.200. The summed E-state index contributed by atoms with van der Waals surface area (Å²) < 4.78 is 27.8. The molecule has 2 N–H and O–H groups in total. The molecule has 0 saturated carbocycles. The van der Waals surface area contributed by atoms with Crippen LogP contribution in [0.4, 0.5) is 0 Å². The monoisotopic (exact) mass is 399 g/mol. The molecule has 0 atom stereocenters. The van der Waals surface area contributed by atoms with Crippen LogP contribution in [0.15, 0.2) is 64.1 Å². The summed E-state index contributed by atoms with van der Waals surface area (Å²) >= 11 is 0. The van der Waals surface area contributed by atoms with Gasteiger partial charge in [-0.3, -0.25) is 9.69 Å². The Bertz CT molecular complexity index is 1060. The zero-order valence-corrected chi connectivity index (χ0v) is 16.4. The molecule has 146 valence electrons. The molecule has 28 heavy (non-hydrogen) atoms. The van der Waals surface area contributed by atoms with Crippen molar-refractivity contribution in [1.82, 2.24) is 4.90 Å². The highest BCUT2D eigenvalue weighted by Crippen LogP contribution is 2.21. The molecule has 0 radical (unpaired) electrons. The number of methoxy groups -OCH3 is 1. The normalized spacial score (nSPS) is 15.8. The van der Waals surface area contributed by atoms with E-state index in [1.165, 1.54) is 12.1 Å². The minimum absolute atomic E-state index is 0.0646. The van der Waals surface area contributed by atoms with Crippen molar-refractivity contribution < 1.29 is 17.9 Å². The molecule has 3 rings (SSSR count). The number of nitrogens with two attached hydrogens (primary N) is 1. The summed E-state index contributed by atoms with van der Waals surface area (Å²) in [6.07, 6.45) is 2.30. The first-order valence-electron chi connectivity index (χ1n) is 8.62. The Kier molecular flexibility index (Phi) is 5.62. The maximum absolute atomic E-state index is 12.7. The molecule has 1 heterocycles. The van der Waals surface area contributed by atoms with Gasteiger partial charge in [-0.2, -0.15) is 0 Å². The number of hydrogen-bond acceptors (Lipinski definition) is 5. The van der Waals surface area contributed by atoms with Crippen LogP contribution in [0.2, 0.25) is 0 Å². The lowest BCUT2D eigenvalue weighted by molar-refractivity contribution is -0.122. The Balaban J connectivity index is 1.70. The van der Waals surface area contributed by atoms with Crippen molar-refractivity contribution >= 4 is 27.8 Å². The van der Waals surface area contributed by atoms with Crippen LogP contribution in [0.3, 0.4) is 0 Å². The van der Waals surface area contributed by atoms with E-state index in [1.54, 1.807) is 37.1 Å². The second-order valence-corrected chi connectivity index (χ2v) is 7.92. The van der Waals surface area contributed by atoms with Crippen LogP contribution in [-0.2, 0) is 21.2 Å². The largest absolute Gasteiger partial charge is 0.497 e. The number of rotatable bonds is 6. The number of sulfonamides is 1. The molecule has 7 nitrogen and oxygen atoms in total. The van der Waals surface area contributed by atoms with E-state index in [4.69, 9.17) is 9.88 Å². The third-order valence-electron chi connectivity index (χ3n) is 4.41. The van der Waals surface area contributed by atoms with Crippen molar-refractivity contribution in [3.8, 4) is 5.75 Å². The zero-order valence-electron chi connectivity index (χ0n) is 15.6. The van der Waals surface area contributed by atoms with Gasteiger partial charge in [0.15, 0.2) is 0 Å². The fourth-order valence-corrected chi connectivity index (χ4v) is 3.42. The van der Waals surface area contributed by atoms with E-state index in [9.17, 15) is 13.2 Å². The first-order valence-corrected chi connectivity index (χ1v) is 10.2. The number of ether oxygens (including phenoxy) is 1. The molecule has 0 saturated heterocycles. The lowest BCUT2D eigenvalue weighted by Gasteiger charge is -2.15. The molecule has 2 aromatic rings. The number of nitrogens with zero attached hydrogens (tertiary/aromatic N) is 2. The van der Waals surface area contributed by atoms with Gasteiger partial charge in [0.1, 0.15) is 17.3 Å². The molecule has 0 bridgehead atoms. The Hall–Kier alpha value is -2.97. The van der Waals surface area contributed by atoms with Gasteiger partial charge in [-0.15, -0.1) is 0 Å². The van der Waals surface area contributed by atoms with Gasteiger partial charge >= 0.3 is 0 Å². The van der Waals surface area contributed by atoms with E-state index in [2.05, 4.69) is 4.99 Å². The number of hydrogen-bond donors (Lipinski definition) is 1. The van der Waals surface area contributed by atoms with Gasteiger partial charge in [-0.1, -0.05) is 24.3 Å². The van der Waals surface area contributed by atoms with Crippen LogP contribution in [0.5, 0.6) is 5.75 Å². The van der Waals surface area contributed by atoms with Crippen molar-refractivity contribution in [2.75, 3.05) is 13.7 Å². The van der Waals surface area contributed by atoms with Gasteiger partial charge in [0.05, 0.1) is 12.0 Å². The van der Waals surface area contributed by atoms with E-state index >= 15 is 0 Å². The van der Waals surface area contributed by atoms with Crippen LogP contribution < -0.4 is 9.88 Å². The van der Waals surface area contributed by atoms with Crippen LogP contribution in [-0.4, -0.2) is 38.7 Å².